The molecule has 1 N–H and O–H groups in total. The highest BCUT2D eigenvalue weighted by Gasteiger charge is 2.22. The maximum absolute atomic E-state index is 13.4. The summed E-state index contributed by atoms with van der Waals surface area (Å²) in [7, 11) is -3.53. The highest BCUT2D eigenvalue weighted by Crippen LogP contribution is 2.39. The van der Waals surface area contributed by atoms with Gasteiger partial charge in [0, 0.05) is 22.9 Å². The van der Waals surface area contributed by atoms with Gasteiger partial charge in [-0.05, 0) is 47.1 Å². The molecule has 0 aliphatic heterocycles. The molecule has 0 aliphatic rings. The summed E-state index contributed by atoms with van der Waals surface area (Å²) in [5, 5.41) is 10.1. The van der Waals surface area contributed by atoms with E-state index >= 15 is 0 Å². The second-order valence-electron chi connectivity index (χ2n) is 4.94. The summed E-state index contributed by atoms with van der Waals surface area (Å²) in [5.74, 6) is -0.179. The molecule has 124 valence electrons. The number of halogens is 3. The minimum Gasteiger partial charge on any atom is -0.456 e. The zero-order chi connectivity index (χ0) is 17.4. The molecular formula is C15H13BrClFO4S. The predicted octanol–water partition coefficient (Wildman–Crippen LogP) is 4.49. The smallest absolute Gasteiger partial charge is 0.175 e. The van der Waals surface area contributed by atoms with E-state index in [4.69, 9.17) is 16.3 Å². The van der Waals surface area contributed by atoms with Crippen LogP contribution in [0.2, 0.25) is 5.02 Å². The number of hydrogen-bond donors (Lipinski definition) is 1. The minimum atomic E-state index is -3.53. The van der Waals surface area contributed by atoms with Crippen LogP contribution >= 0.6 is 27.5 Å². The van der Waals surface area contributed by atoms with Crippen LogP contribution in [0.5, 0.6) is 11.5 Å². The third-order valence-electron chi connectivity index (χ3n) is 2.99. The van der Waals surface area contributed by atoms with E-state index in [9.17, 15) is 17.9 Å². The van der Waals surface area contributed by atoms with Gasteiger partial charge in [-0.25, -0.2) is 12.8 Å². The largest absolute Gasteiger partial charge is 0.456 e. The monoisotopic (exact) mass is 422 g/mol. The van der Waals surface area contributed by atoms with E-state index in [1.165, 1.54) is 25.1 Å². The molecule has 2 rings (SSSR count). The van der Waals surface area contributed by atoms with E-state index in [1.54, 1.807) is 0 Å². The molecule has 0 aromatic heterocycles. The van der Waals surface area contributed by atoms with Crippen LogP contribution in [0.1, 0.15) is 18.6 Å². The lowest BCUT2D eigenvalue weighted by Gasteiger charge is -2.16. The van der Waals surface area contributed by atoms with E-state index in [0.29, 0.717) is 0 Å². The number of benzene rings is 2. The number of sulfone groups is 1. The van der Waals surface area contributed by atoms with Crippen LogP contribution in [-0.2, 0) is 9.84 Å². The van der Waals surface area contributed by atoms with Crippen LogP contribution in [0.4, 0.5) is 4.39 Å². The van der Waals surface area contributed by atoms with Crippen LogP contribution in [0.25, 0.3) is 0 Å². The van der Waals surface area contributed by atoms with Gasteiger partial charge in [0.2, 0.25) is 0 Å². The van der Waals surface area contributed by atoms with Crippen molar-refractivity contribution in [3.8, 4) is 11.5 Å². The Labute approximate surface area is 146 Å². The van der Waals surface area contributed by atoms with Crippen molar-refractivity contribution >= 4 is 37.4 Å². The van der Waals surface area contributed by atoms with Crippen molar-refractivity contribution in [1.29, 1.82) is 0 Å². The van der Waals surface area contributed by atoms with Gasteiger partial charge in [-0.1, -0.05) is 11.6 Å². The fraction of sp³-hybridized carbons (Fsp3) is 0.200. The third-order valence-corrected chi connectivity index (χ3v) is 5.18. The van der Waals surface area contributed by atoms with Gasteiger partial charge in [0.25, 0.3) is 0 Å². The van der Waals surface area contributed by atoms with Crippen LogP contribution in [0, 0.1) is 5.82 Å². The van der Waals surface area contributed by atoms with Gasteiger partial charge >= 0.3 is 0 Å². The molecule has 1 unspecified atom stereocenters. The third kappa shape index (κ3) is 4.23. The Morgan fingerprint density at radius 1 is 1.30 bits per heavy atom. The van der Waals surface area contributed by atoms with Gasteiger partial charge in [0.15, 0.2) is 9.84 Å². The van der Waals surface area contributed by atoms with Crippen molar-refractivity contribution < 1.29 is 22.7 Å². The number of aliphatic hydroxyl groups excluding tert-OH is 1. The van der Waals surface area contributed by atoms with Crippen LogP contribution in [0.3, 0.4) is 0 Å². The standard InChI is InChI=1S/C15H13BrClFO4S/c1-8(19)14-13(23(2,20)21)4-3-12(15(14)16)22-11-6-9(17)5-10(18)7-11/h3-8,19H,1-2H3. The first-order valence-electron chi connectivity index (χ1n) is 6.44. The van der Waals surface area contributed by atoms with Crippen molar-refractivity contribution in [3.63, 3.8) is 0 Å². The summed E-state index contributed by atoms with van der Waals surface area (Å²) in [6.45, 7) is 1.44. The van der Waals surface area contributed by atoms with Crippen molar-refractivity contribution in [3.05, 3.63) is 51.2 Å². The summed E-state index contributed by atoms with van der Waals surface area (Å²) >= 11 is 9.02. The lowest BCUT2D eigenvalue weighted by molar-refractivity contribution is 0.194. The molecule has 4 nitrogen and oxygen atoms in total. The van der Waals surface area contributed by atoms with Crippen molar-refractivity contribution in [2.24, 2.45) is 0 Å². The Balaban J connectivity index is 2.55. The van der Waals surface area contributed by atoms with E-state index in [0.717, 1.165) is 18.4 Å². The van der Waals surface area contributed by atoms with E-state index < -0.39 is 21.8 Å². The molecule has 0 saturated heterocycles. The second-order valence-corrected chi connectivity index (χ2v) is 8.16. The van der Waals surface area contributed by atoms with Crippen LogP contribution < -0.4 is 4.74 Å². The summed E-state index contributed by atoms with van der Waals surface area (Å²) in [6.07, 6.45) is 0.00168. The Bertz CT molecular complexity index is 833. The maximum atomic E-state index is 13.4. The summed E-state index contributed by atoms with van der Waals surface area (Å²) < 4.78 is 42.8. The van der Waals surface area contributed by atoms with Gasteiger partial charge < -0.3 is 9.84 Å². The van der Waals surface area contributed by atoms with Gasteiger partial charge in [0.1, 0.15) is 17.3 Å². The fourth-order valence-electron chi connectivity index (χ4n) is 2.06. The quantitative estimate of drug-likeness (QED) is 0.787. The Kier molecular flexibility index (Phi) is 5.35. The molecule has 0 radical (unpaired) electrons. The van der Waals surface area contributed by atoms with Crippen molar-refractivity contribution in [1.82, 2.24) is 0 Å². The summed E-state index contributed by atoms with van der Waals surface area (Å²) in [4.78, 5) is -0.0102. The highest BCUT2D eigenvalue weighted by molar-refractivity contribution is 9.10. The first-order valence-corrected chi connectivity index (χ1v) is 9.50. The van der Waals surface area contributed by atoms with Gasteiger partial charge in [-0.15, -0.1) is 0 Å². The maximum Gasteiger partial charge on any atom is 0.175 e. The first-order chi connectivity index (χ1) is 10.6. The first kappa shape index (κ1) is 18.2. The zero-order valence-corrected chi connectivity index (χ0v) is 15.3. The van der Waals surface area contributed by atoms with Gasteiger partial charge in [-0.3, -0.25) is 0 Å². The normalized spacial score (nSPS) is 13.0. The highest BCUT2D eigenvalue weighted by atomic mass is 79.9. The van der Waals surface area contributed by atoms with Crippen molar-refractivity contribution in [2.45, 2.75) is 17.9 Å². The molecular weight excluding hydrogens is 411 g/mol. The van der Waals surface area contributed by atoms with E-state index in [2.05, 4.69) is 15.9 Å². The molecule has 0 saturated carbocycles. The van der Waals surface area contributed by atoms with Crippen LogP contribution in [-0.4, -0.2) is 19.8 Å². The molecule has 0 amide bonds. The lowest BCUT2D eigenvalue weighted by atomic mass is 10.1. The Morgan fingerprint density at radius 2 is 1.96 bits per heavy atom. The van der Waals surface area contributed by atoms with Crippen molar-refractivity contribution in [2.75, 3.05) is 6.26 Å². The predicted molar refractivity (Wildman–Crippen MR) is 89.4 cm³/mol. The second kappa shape index (κ2) is 6.76. The molecule has 23 heavy (non-hydrogen) atoms. The zero-order valence-electron chi connectivity index (χ0n) is 12.2. The molecule has 2 aromatic rings. The number of aliphatic hydroxyl groups is 1. The molecule has 0 bridgehead atoms. The Hall–Kier alpha value is -1.15. The summed E-state index contributed by atoms with van der Waals surface area (Å²) in [5.41, 5.74) is 0.174. The topological polar surface area (TPSA) is 63.6 Å². The molecule has 1 atom stereocenters. The molecule has 2 aromatic carbocycles. The van der Waals surface area contributed by atoms with E-state index in [1.807, 2.05) is 0 Å². The molecule has 0 heterocycles. The van der Waals surface area contributed by atoms with Crippen LogP contribution in [0.15, 0.2) is 39.7 Å². The summed E-state index contributed by atoms with van der Waals surface area (Å²) in [6, 6.07) is 6.45. The number of ether oxygens (including phenoxy) is 1. The molecule has 0 spiro atoms. The number of rotatable bonds is 4. The molecule has 0 aliphatic carbocycles. The minimum absolute atomic E-state index is 0.0102. The average Bonchev–Trinajstić information content (AvgIpc) is 2.37. The lowest BCUT2D eigenvalue weighted by Crippen LogP contribution is -2.06. The molecule has 8 heteroatoms. The molecule has 0 fully saturated rings. The SMILES string of the molecule is CC(O)c1c(S(C)(=O)=O)ccc(Oc2cc(F)cc(Cl)c2)c1Br. The average molecular weight is 424 g/mol. The van der Waals surface area contributed by atoms with E-state index in [-0.39, 0.29) is 31.5 Å². The number of hydrogen-bond acceptors (Lipinski definition) is 4. The fourth-order valence-corrected chi connectivity index (χ4v) is 4.15. The van der Waals surface area contributed by atoms with Gasteiger partial charge in [0.05, 0.1) is 15.5 Å². The Morgan fingerprint density at radius 3 is 2.48 bits per heavy atom. The van der Waals surface area contributed by atoms with Gasteiger partial charge in [-0.2, -0.15) is 0 Å².